The predicted molar refractivity (Wildman–Crippen MR) is 111 cm³/mol. The minimum atomic E-state index is -0.361. The van der Waals surface area contributed by atoms with Crippen LogP contribution in [0.3, 0.4) is 0 Å². The summed E-state index contributed by atoms with van der Waals surface area (Å²) in [6.45, 7) is 5.06. The Bertz CT molecular complexity index is 778. The summed E-state index contributed by atoms with van der Waals surface area (Å²) in [4.78, 5) is 15.7. The molecule has 1 aliphatic heterocycles. The van der Waals surface area contributed by atoms with Gasteiger partial charge in [-0.15, -0.1) is 0 Å². The van der Waals surface area contributed by atoms with E-state index in [0.29, 0.717) is 6.54 Å². The zero-order valence-electron chi connectivity index (χ0n) is 16.5. The van der Waals surface area contributed by atoms with Gasteiger partial charge in [0, 0.05) is 26.2 Å². The number of hydrogen-bond acceptors (Lipinski definition) is 3. The van der Waals surface area contributed by atoms with Gasteiger partial charge in [0.15, 0.2) is 0 Å². The Morgan fingerprint density at radius 1 is 0.929 bits per heavy atom. The fourth-order valence-electron chi connectivity index (χ4n) is 4.61. The van der Waals surface area contributed by atoms with Crippen LogP contribution in [-0.2, 0) is 28.0 Å². The standard InChI is InChI=1S/C24H30N2O2/c27-23(24(12-6-7-13-24)22-10-2-1-3-11-22)25-18-20-8-4-5-9-21(20)19-26-14-16-28-17-15-26/h1-5,8-11H,6-7,12-19H2,(H,25,27). The molecule has 1 aliphatic carbocycles. The number of benzene rings is 2. The number of hydrogen-bond donors (Lipinski definition) is 1. The highest BCUT2D eigenvalue weighted by atomic mass is 16.5. The van der Waals surface area contributed by atoms with Crippen LogP contribution in [0.5, 0.6) is 0 Å². The zero-order valence-corrected chi connectivity index (χ0v) is 16.5. The first kappa shape index (κ1) is 19.2. The SMILES string of the molecule is O=C(NCc1ccccc1CN1CCOCC1)C1(c2ccccc2)CCCC1. The van der Waals surface area contributed by atoms with E-state index in [1.54, 1.807) is 0 Å². The van der Waals surface area contributed by atoms with Crippen LogP contribution in [-0.4, -0.2) is 37.1 Å². The first-order chi connectivity index (χ1) is 13.8. The molecule has 4 rings (SSSR count). The van der Waals surface area contributed by atoms with Crippen LogP contribution < -0.4 is 5.32 Å². The summed E-state index contributed by atoms with van der Waals surface area (Å²) in [5.74, 6) is 0.178. The number of ether oxygens (including phenoxy) is 1. The molecular formula is C24H30N2O2. The molecule has 2 fully saturated rings. The van der Waals surface area contributed by atoms with E-state index in [4.69, 9.17) is 4.74 Å². The average Bonchev–Trinajstić information content (AvgIpc) is 3.26. The quantitative estimate of drug-likeness (QED) is 0.834. The largest absolute Gasteiger partial charge is 0.379 e. The average molecular weight is 379 g/mol. The second-order valence-corrected chi connectivity index (χ2v) is 8.00. The van der Waals surface area contributed by atoms with Gasteiger partial charge in [0.05, 0.1) is 18.6 Å². The van der Waals surface area contributed by atoms with E-state index in [0.717, 1.165) is 64.1 Å². The third kappa shape index (κ3) is 4.13. The molecule has 148 valence electrons. The smallest absolute Gasteiger partial charge is 0.230 e. The van der Waals surface area contributed by atoms with Crippen LogP contribution in [0.2, 0.25) is 0 Å². The van der Waals surface area contributed by atoms with Crippen LogP contribution in [0.15, 0.2) is 54.6 Å². The van der Waals surface area contributed by atoms with Crippen LogP contribution in [0, 0.1) is 0 Å². The van der Waals surface area contributed by atoms with Crippen molar-refractivity contribution in [2.24, 2.45) is 0 Å². The summed E-state index contributed by atoms with van der Waals surface area (Å²) in [5, 5.41) is 3.28. The summed E-state index contributed by atoms with van der Waals surface area (Å²) >= 11 is 0. The summed E-state index contributed by atoms with van der Waals surface area (Å²) < 4.78 is 5.46. The molecule has 28 heavy (non-hydrogen) atoms. The first-order valence-electron chi connectivity index (χ1n) is 10.5. The fourth-order valence-corrected chi connectivity index (χ4v) is 4.61. The molecule has 0 atom stereocenters. The molecule has 0 radical (unpaired) electrons. The van der Waals surface area contributed by atoms with Gasteiger partial charge in [0.1, 0.15) is 0 Å². The van der Waals surface area contributed by atoms with E-state index in [9.17, 15) is 4.79 Å². The highest BCUT2D eigenvalue weighted by molar-refractivity contribution is 5.88. The van der Waals surface area contributed by atoms with Crippen molar-refractivity contribution in [1.82, 2.24) is 10.2 Å². The number of morpholine rings is 1. The maximum Gasteiger partial charge on any atom is 0.230 e. The molecule has 1 N–H and O–H groups in total. The highest BCUT2D eigenvalue weighted by Gasteiger charge is 2.42. The van der Waals surface area contributed by atoms with Gasteiger partial charge in [-0.05, 0) is 29.5 Å². The lowest BCUT2D eigenvalue weighted by Crippen LogP contribution is -2.42. The van der Waals surface area contributed by atoms with Gasteiger partial charge >= 0.3 is 0 Å². The van der Waals surface area contributed by atoms with Crippen molar-refractivity contribution in [3.8, 4) is 0 Å². The molecular weight excluding hydrogens is 348 g/mol. The summed E-state index contributed by atoms with van der Waals surface area (Å²) in [5.41, 5.74) is 3.31. The van der Waals surface area contributed by atoms with Crippen LogP contribution >= 0.6 is 0 Å². The zero-order chi connectivity index (χ0) is 19.2. The fraction of sp³-hybridized carbons (Fsp3) is 0.458. The first-order valence-corrected chi connectivity index (χ1v) is 10.5. The minimum Gasteiger partial charge on any atom is -0.379 e. The van der Waals surface area contributed by atoms with Crippen molar-refractivity contribution in [3.63, 3.8) is 0 Å². The number of nitrogens with zero attached hydrogens (tertiary/aromatic N) is 1. The molecule has 1 heterocycles. The van der Waals surface area contributed by atoms with Gasteiger partial charge < -0.3 is 10.1 Å². The van der Waals surface area contributed by atoms with Gasteiger partial charge in [-0.25, -0.2) is 0 Å². The molecule has 2 aromatic rings. The van der Waals surface area contributed by atoms with Crippen molar-refractivity contribution >= 4 is 5.91 Å². The third-order valence-corrected chi connectivity index (χ3v) is 6.27. The number of carbonyl (C=O) groups is 1. The summed E-state index contributed by atoms with van der Waals surface area (Å²) in [6.07, 6.45) is 4.13. The Kier molecular flexibility index (Phi) is 6.08. The molecule has 0 bridgehead atoms. The molecule has 4 nitrogen and oxygen atoms in total. The van der Waals surface area contributed by atoms with Gasteiger partial charge in [0.25, 0.3) is 0 Å². The highest BCUT2D eigenvalue weighted by Crippen LogP contribution is 2.41. The van der Waals surface area contributed by atoms with Crippen LogP contribution in [0.4, 0.5) is 0 Å². The maximum absolute atomic E-state index is 13.3. The van der Waals surface area contributed by atoms with Crippen molar-refractivity contribution in [3.05, 3.63) is 71.3 Å². The number of rotatable bonds is 6. The Hall–Kier alpha value is -2.17. The predicted octanol–water partition coefficient (Wildman–Crippen LogP) is 3.65. The van der Waals surface area contributed by atoms with Gasteiger partial charge in [-0.1, -0.05) is 67.4 Å². The molecule has 1 saturated heterocycles. The number of nitrogens with one attached hydrogen (secondary N) is 1. The monoisotopic (exact) mass is 378 g/mol. The van der Waals surface area contributed by atoms with Gasteiger partial charge in [-0.2, -0.15) is 0 Å². The molecule has 2 aliphatic rings. The van der Waals surface area contributed by atoms with E-state index in [-0.39, 0.29) is 11.3 Å². The van der Waals surface area contributed by atoms with E-state index in [2.05, 4.69) is 46.6 Å². The van der Waals surface area contributed by atoms with Crippen molar-refractivity contribution < 1.29 is 9.53 Å². The normalized spacial score (nSPS) is 19.4. The third-order valence-electron chi connectivity index (χ3n) is 6.27. The van der Waals surface area contributed by atoms with Crippen molar-refractivity contribution in [2.45, 2.75) is 44.2 Å². The van der Waals surface area contributed by atoms with E-state index < -0.39 is 0 Å². The molecule has 0 aromatic heterocycles. The van der Waals surface area contributed by atoms with Crippen molar-refractivity contribution in [1.29, 1.82) is 0 Å². The van der Waals surface area contributed by atoms with Gasteiger partial charge in [0.2, 0.25) is 5.91 Å². The lowest BCUT2D eigenvalue weighted by molar-refractivity contribution is -0.126. The Balaban J connectivity index is 1.46. The maximum atomic E-state index is 13.3. The van der Waals surface area contributed by atoms with Crippen LogP contribution in [0.1, 0.15) is 42.4 Å². The molecule has 0 spiro atoms. The number of carbonyl (C=O) groups excluding carboxylic acids is 1. The van der Waals surface area contributed by atoms with Gasteiger partial charge in [-0.3, -0.25) is 9.69 Å². The lowest BCUT2D eigenvalue weighted by atomic mass is 9.78. The van der Waals surface area contributed by atoms with E-state index in [1.807, 2.05) is 18.2 Å². The Labute approximate surface area is 167 Å². The molecule has 1 amide bonds. The molecule has 4 heteroatoms. The molecule has 0 unspecified atom stereocenters. The lowest BCUT2D eigenvalue weighted by Gasteiger charge is -2.29. The second kappa shape index (κ2) is 8.89. The molecule has 2 aromatic carbocycles. The van der Waals surface area contributed by atoms with E-state index >= 15 is 0 Å². The Morgan fingerprint density at radius 2 is 1.57 bits per heavy atom. The minimum absolute atomic E-state index is 0.178. The summed E-state index contributed by atoms with van der Waals surface area (Å²) in [7, 11) is 0. The molecule has 1 saturated carbocycles. The van der Waals surface area contributed by atoms with Crippen molar-refractivity contribution in [2.75, 3.05) is 26.3 Å². The Morgan fingerprint density at radius 3 is 2.29 bits per heavy atom. The van der Waals surface area contributed by atoms with E-state index in [1.165, 1.54) is 11.1 Å². The number of amides is 1. The topological polar surface area (TPSA) is 41.6 Å². The summed E-state index contributed by atoms with van der Waals surface area (Å²) in [6, 6.07) is 18.8. The van der Waals surface area contributed by atoms with Crippen LogP contribution in [0.25, 0.3) is 0 Å². The second-order valence-electron chi connectivity index (χ2n) is 8.00.